The standard InChI is InChI=1S/C10H11BrFN5O2S/c1-5(10-14-4-15-16-10)17-20(18,19)9-2-6(11)7(12)3-8(9)13/h2-5,17H,13H2,1H3,(H,14,15,16). The fourth-order valence-electron chi connectivity index (χ4n) is 1.55. The van der Waals surface area contributed by atoms with Gasteiger partial charge in [-0.2, -0.15) is 5.10 Å². The first-order chi connectivity index (χ1) is 9.31. The molecule has 0 spiro atoms. The monoisotopic (exact) mass is 363 g/mol. The summed E-state index contributed by atoms with van der Waals surface area (Å²) in [5.74, 6) is -0.280. The molecule has 10 heteroatoms. The van der Waals surface area contributed by atoms with Crippen LogP contribution < -0.4 is 10.5 Å². The van der Waals surface area contributed by atoms with Gasteiger partial charge >= 0.3 is 0 Å². The minimum atomic E-state index is -3.91. The number of nitrogens with zero attached hydrogens (tertiary/aromatic N) is 2. The lowest BCUT2D eigenvalue weighted by atomic mass is 10.3. The number of nitrogens with one attached hydrogen (secondary N) is 2. The van der Waals surface area contributed by atoms with Crippen molar-refractivity contribution in [2.45, 2.75) is 17.9 Å². The average molecular weight is 364 g/mol. The number of anilines is 1. The summed E-state index contributed by atoms with van der Waals surface area (Å²) in [4.78, 5) is 3.64. The first kappa shape index (κ1) is 14.9. The molecule has 7 nitrogen and oxygen atoms in total. The van der Waals surface area contributed by atoms with Crippen molar-refractivity contribution in [3.63, 3.8) is 0 Å². The Bertz CT molecular complexity index is 719. The van der Waals surface area contributed by atoms with Crippen LogP contribution in [0.1, 0.15) is 18.8 Å². The quantitative estimate of drug-likeness (QED) is 0.709. The number of nitrogens with two attached hydrogens (primary N) is 1. The van der Waals surface area contributed by atoms with Gasteiger partial charge in [-0.05, 0) is 35.0 Å². The fourth-order valence-corrected chi connectivity index (χ4v) is 3.39. The first-order valence-corrected chi connectivity index (χ1v) is 7.71. The van der Waals surface area contributed by atoms with Crippen molar-refractivity contribution in [1.82, 2.24) is 19.9 Å². The number of rotatable bonds is 4. The first-order valence-electron chi connectivity index (χ1n) is 5.43. The largest absolute Gasteiger partial charge is 0.398 e. The van der Waals surface area contributed by atoms with Crippen molar-refractivity contribution < 1.29 is 12.8 Å². The number of aromatic nitrogens is 3. The molecule has 0 bridgehead atoms. The number of nitrogen functional groups attached to an aromatic ring is 1. The third-order valence-electron chi connectivity index (χ3n) is 2.52. The summed E-state index contributed by atoms with van der Waals surface area (Å²) >= 11 is 2.93. The van der Waals surface area contributed by atoms with Crippen LogP contribution in [-0.4, -0.2) is 23.6 Å². The van der Waals surface area contributed by atoms with Crippen LogP contribution in [0.15, 0.2) is 27.8 Å². The zero-order valence-corrected chi connectivity index (χ0v) is 12.7. The van der Waals surface area contributed by atoms with Gasteiger partial charge in [0.2, 0.25) is 10.0 Å². The number of hydrogen-bond acceptors (Lipinski definition) is 5. The molecule has 0 saturated heterocycles. The number of halogens is 2. The molecule has 0 amide bonds. The molecule has 20 heavy (non-hydrogen) atoms. The molecule has 1 atom stereocenters. The van der Waals surface area contributed by atoms with E-state index in [0.29, 0.717) is 5.82 Å². The highest BCUT2D eigenvalue weighted by molar-refractivity contribution is 9.10. The minimum Gasteiger partial charge on any atom is -0.398 e. The van der Waals surface area contributed by atoms with E-state index < -0.39 is 21.9 Å². The Balaban J connectivity index is 2.34. The molecule has 4 N–H and O–H groups in total. The third-order valence-corrected chi connectivity index (χ3v) is 4.72. The molecule has 2 rings (SSSR count). The molecule has 0 aliphatic carbocycles. The molecule has 0 fully saturated rings. The van der Waals surface area contributed by atoms with Gasteiger partial charge in [0.25, 0.3) is 0 Å². The highest BCUT2D eigenvalue weighted by Crippen LogP contribution is 2.26. The number of sulfonamides is 1. The Labute approximate surface area is 123 Å². The topological polar surface area (TPSA) is 114 Å². The predicted molar refractivity (Wildman–Crippen MR) is 73.6 cm³/mol. The molecule has 0 aliphatic heterocycles. The lowest BCUT2D eigenvalue weighted by molar-refractivity contribution is 0.560. The van der Waals surface area contributed by atoms with E-state index in [1.54, 1.807) is 6.92 Å². The summed E-state index contributed by atoms with van der Waals surface area (Å²) in [5, 5.41) is 6.19. The summed E-state index contributed by atoms with van der Waals surface area (Å²) < 4.78 is 40.1. The smallest absolute Gasteiger partial charge is 0.243 e. The van der Waals surface area contributed by atoms with Gasteiger partial charge in [0.05, 0.1) is 16.2 Å². The van der Waals surface area contributed by atoms with E-state index >= 15 is 0 Å². The van der Waals surface area contributed by atoms with E-state index in [0.717, 1.165) is 12.1 Å². The van der Waals surface area contributed by atoms with Crippen LogP contribution in [0, 0.1) is 5.82 Å². The van der Waals surface area contributed by atoms with Gasteiger partial charge in [-0.25, -0.2) is 22.5 Å². The Morgan fingerprint density at radius 2 is 2.20 bits per heavy atom. The third kappa shape index (κ3) is 2.97. The summed E-state index contributed by atoms with van der Waals surface area (Å²) in [7, 11) is -3.91. The summed E-state index contributed by atoms with van der Waals surface area (Å²) in [5.41, 5.74) is 5.38. The molecule has 2 aromatic rings. The molecule has 108 valence electrons. The molecule has 1 unspecified atom stereocenters. The maximum atomic E-state index is 13.3. The number of benzene rings is 1. The number of H-pyrrole nitrogens is 1. The second-order valence-electron chi connectivity index (χ2n) is 4.02. The van der Waals surface area contributed by atoms with E-state index in [2.05, 4.69) is 35.8 Å². The van der Waals surface area contributed by atoms with Crippen LogP contribution in [0.2, 0.25) is 0 Å². The summed E-state index contributed by atoms with van der Waals surface area (Å²) in [6.45, 7) is 1.59. The number of hydrogen-bond donors (Lipinski definition) is 3. The molecule has 1 aromatic carbocycles. The maximum absolute atomic E-state index is 13.3. The van der Waals surface area contributed by atoms with Crippen molar-refractivity contribution in [1.29, 1.82) is 0 Å². The predicted octanol–water partition coefficient (Wildman–Crippen LogP) is 1.33. The lowest BCUT2D eigenvalue weighted by Gasteiger charge is -2.13. The van der Waals surface area contributed by atoms with E-state index in [-0.39, 0.29) is 15.1 Å². The molecule has 0 saturated carbocycles. The van der Waals surface area contributed by atoms with E-state index in [1.165, 1.54) is 6.33 Å². The fraction of sp³-hybridized carbons (Fsp3) is 0.200. The van der Waals surface area contributed by atoms with Crippen LogP contribution in [0.4, 0.5) is 10.1 Å². The van der Waals surface area contributed by atoms with Crippen molar-refractivity contribution >= 4 is 31.6 Å². The SMILES string of the molecule is CC(NS(=O)(=O)c1cc(Br)c(F)cc1N)c1ncn[nH]1. The van der Waals surface area contributed by atoms with Gasteiger partial charge in [-0.1, -0.05) is 0 Å². The van der Waals surface area contributed by atoms with Gasteiger partial charge in [0.1, 0.15) is 22.9 Å². The van der Waals surface area contributed by atoms with Gasteiger partial charge in [-0.3, -0.25) is 5.10 Å². The zero-order valence-electron chi connectivity index (χ0n) is 10.3. The van der Waals surface area contributed by atoms with E-state index in [9.17, 15) is 12.8 Å². The van der Waals surface area contributed by atoms with Crippen LogP contribution >= 0.6 is 15.9 Å². The number of aromatic amines is 1. The van der Waals surface area contributed by atoms with Gasteiger partial charge in [0.15, 0.2) is 0 Å². The molecular formula is C10H11BrFN5O2S. The second kappa shape index (κ2) is 5.46. The Hall–Kier alpha value is -1.52. The van der Waals surface area contributed by atoms with Gasteiger partial charge < -0.3 is 5.73 Å². The van der Waals surface area contributed by atoms with Gasteiger partial charge in [0, 0.05) is 0 Å². The lowest BCUT2D eigenvalue weighted by Crippen LogP contribution is -2.28. The van der Waals surface area contributed by atoms with Crippen LogP contribution in [0.3, 0.4) is 0 Å². The highest BCUT2D eigenvalue weighted by atomic mass is 79.9. The van der Waals surface area contributed by atoms with Crippen LogP contribution in [0.5, 0.6) is 0 Å². The maximum Gasteiger partial charge on any atom is 0.243 e. The normalized spacial score (nSPS) is 13.3. The summed E-state index contributed by atoms with van der Waals surface area (Å²) in [6, 6.07) is 1.42. The van der Waals surface area contributed by atoms with Crippen molar-refractivity contribution in [3.05, 3.63) is 34.6 Å². The summed E-state index contributed by atoms with van der Waals surface area (Å²) in [6.07, 6.45) is 1.27. The molecule has 0 radical (unpaired) electrons. The van der Waals surface area contributed by atoms with E-state index in [1.807, 2.05) is 0 Å². The average Bonchev–Trinajstić information content (AvgIpc) is 2.86. The van der Waals surface area contributed by atoms with Crippen molar-refractivity contribution in [3.8, 4) is 0 Å². The molecular weight excluding hydrogens is 353 g/mol. The minimum absolute atomic E-state index is 0.0133. The van der Waals surface area contributed by atoms with Crippen LogP contribution in [0.25, 0.3) is 0 Å². The Morgan fingerprint density at radius 1 is 1.50 bits per heavy atom. The zero-order chi connectivity index (χ0) is 14.9. The Morgan fingerprint density at radius 3 is 2.80 bits per heavy atom. The van der Waals surface area contributed by atoms with E-state index in [4.69, 9.17) is 5.73 Å². The molecule has 0 aliphatic rings. The second-order valence-corrected chi connectivity index (χ2v) is 6.55. The molecule has 1 heterocycles. The Kier molecular flexibility index (Phi) is 4.06. The molecule has 1 aromatic heterocycles. The van der Waals surface area contributed by atoms with Crippen LogP contribution in [-0.2, 0) is 10.0 Å². The van der Waals surface area contributed by atoms with Crippen molar-refractivity contribution in [2.75, 3.05) is 5.73 Å². The highest BCUT2D eigenvalue weighted by Gasteiger charge is 2.23. The van der Waals surface area contributed by atoms with Gasteiger partial charge in [-0.15, -0.1) is 0 Å². The van der Waals surface area contributed by atoms with Crippen molar-refractivity contribution in [2.24, 2.45) is 0 Å².